The van der Waals surface area contributed by atoms with E-state index in [9.17, 15) is 9.35 Å². The van der Waals surface area contributed by atoms with E-state index in [1.807, 2.05) is 40.7 Å². The van der Waals surface area contributed by atoms with Crippen LogP contribution >= 0.6 is 0 Å². The second-order valence-electron chi connectivity index (χ2n) is 11.7. The second-order valence-corrected chi connectivity index (χ2v) is 14.0. The van der Waals surface area contributed by atoms with Crippen LogP contribution in [0.25, 0.3) is 0 Å². The predicted octanol–water partition coefficient (Wildman–Crippen LogP) is 3.38. The lowest BCUT2D eigenvalue weighted by molar-refractivity contribution is -0.104. The van der Waals surface area contributed by atoms with Gasteiger partial charge in [-0.1, -0.05) is 0 Å². The van der Waals surface area contributed by atoms with Gasteiger partial charge in [-0.15, -0.1) is 0 Å². The van der Waals surface area contributed by atoms with Crippen LogP contribution in [0.3, 0.4) is 0 Å². The largest absolute Gasteiger partial charge is 0.611 e. The number of hydrogen-bond donors (Lipinski definition) is 2. The number of piperazine rings is 1. The normalized spacial score (nSPS) is 21.0. The highest BCUT2D eigenvalue weighted by Crippen LogP contribution is 2.39. The van der Waals surface area contributed by atoms with Crippen LogP contribution in [0.4, 0.5) is 5.82 Å². The molecule has 3 aliphatic rings. The number of nitrogens with zero attached hydrogens (tertiary/aromatic N) is 7. The van der Waals surface area contributed by atoms with Gasteiger partial charge in [-0.2, -0.15) is 5.10 Å². The molecule has 12 nitrogen and oxygen atoms in total. The fraction of sp³-hybridized carbons (Fsp3) is 0.533. The summed E-state index contributed by atoms with van der Waals surface area (Å²) in [6, 6.07) is 0. The number of aromatic nitrogens is 2. The SMILES string of the molecule is C=N/C=C(C=O)\C=N/CN1CCN(CCCOC2=C([S+]([O-])C(C)(C)C)CC3C(=C2)N=CN=C3Nc2n[nH]c(C)c2C)CC1. The number of aryl methyl sites for hydroxylation is 1. The number of aliphatic imine (C=N–C) groups is 4. The third-order valence-electron chi connectivity index (χ3n) is 7.55. The number of H-pyrrole nitrogens is 1. The summed E-state index contributed by atoms with van der Waals surface area (Å²) in [5.41, 5.74) is 3.26. The van der Waals surface area contributed by atoms with Crippen LogP contribution in [-0.2, 0) is 20.7 Å². The van der Waals surface area contributed by atoms with Crippen LogP contribution < -0.4 is 5.32 Å². The molecule has 1 saturated heterocycles. The van der Waals surface area contributed by atoms with E-state index in [-0.39, 0.29) is 5.92 Å². The molecule has 0 bridgehead atoms. The number of carbonyl (C=O) groups is 1. The lowest BCUT2D eigenvalue weighted by Gasteiger charge is -2.34. The maximum absolute atomic E-state index is 13.7. The molecule has 1 aromatic rings. The fourth-order valence-corrected chi connectivity index (χ4v) is 6.27. The van der Waals surface area contributed by atoms with Gasteiger partial charge in [-0.3, -0.25) is 24.8 Å². The summed E-state index contributed by atoms with van der Waals surface area (Å²) >= 11 is -1.26. The van der Waals surface area contributed by atoms with Gasteiger partial charge in [0.1, 0.15) is 16.9 Å². The van der Waals surface area contributed by atoms with Crippen molar-refractivity contribution in [2.24, 2.45) is 25.9 Å². The molecule has 0 aromatic carbocycles. The standard InChI is InChI=1S/C30H43N9O3S/c1-21-22(2)36-37-28(21)35-29-24-14-27(43(41)30(3,4)5)26(15-25(24)33-19-34-29)42-13-7-8-38-9-11-39(12-10-38)20-32-17-23(18-40)16-31-6/h15-19,24H,6-14,20H2,1-5H3,(H2,33,34,35,36,37)/b23-16+,32-17-. The number of rotatable bonds is 12. The first-order valence-electron chi connectivity index (χ1n) is 14.5. The monoisotopic (exact) mass is 609 g/mol. The van der Waals surface area contributed by atoms with Crippen molar-refractivity contribution >= 4 is 48.4 Å². The Kier molecular flexibility index (Phi) is 11.2. The van der Waals surface area contributed by atoms with Crippen LogP contribution in [0.15, 0.2) is 54.2 Å². The summed E-state index contributed by atoms with van der Waals surface area (Å²) < 4.78 is 19.5. The van der Waals surface area contributed by atoms with Crippen LogP contribution in [0.2, 0.25) is 0 Å². The molecule has 13 heteroatoms. The van der Waals surface area contributed by atoms with E-state index in [1.165, 1.54) is 12.4 Å². The first-order chi connectivity index (χ1) is 20.6. The lowest BCUT2D eigenvalue weighted by Crippen LogP contribution is -2.46. The number of carbonyl (C=O) groups excluding carboxylic acids is 1. The average Bonchev–Trinajstić information content (AvgIpc) is 3.30. The minimum Gasteiger partial charge on any atom is -0.611 e. The third-order valence-corrected chi connectivity index (χ3v) is 9.48. The number of anilines is 1. The Balaban J connectivity index is 1.32. The molecule has 0 saturated carbocycles. The Morgan fingerprint density at radius 2 is 2.02 bits per heavy atom. The molecule has 1 fully saturated rings. The van der Waals surface area contributed by atoms with Crippen molar-refractivity contribution in [2.75, 3.05) is 51.3 Å². The molecular formula is C30H43N9O3S. The summed E-state index contributed by atoms with van der Waals surface area (Å²) in [4.78, 5) is 33.5. The zero-order valence-electron chi connectivity index (χ0n) is 25.8. The van der Waals surface area contributed by atoms with Gasteiger partial charge in [-0.25, -0.2) is 9.98 Å². The Labute approximate surface area is 257 Å². The Morgan fingerprint density at radius 1 is 1.28 bits per heavy atom. The molecule has 2 atom stereocenters. The second kappa shape index (κ2) is 14.9. The molecule has 3 heterocycles. The number of nitrogens with one attached hydrogen (secondary N) is 2. The average molecular weight is 610 g/mol. The number of fused-ring (bicyclic) bond motifs is 1. The molecule has 43 heavy (non-hydrogen) atoms. The molecule has 2 N–H and O–H groups in total. The number of hydrogen-bond acceptors (Lipinski definition) is 11. The number of allylic oxidation sites excluding steroid dienone is 3. The van der Waals surface area contributed by atoms with E-state index in [2.05, 4.69) is 52.0 Å². The number of aromatic amines is 1. The van der Waals surface area contributed by atoms with Crippen molar-refractivity contribution in [3.05, 3.63) is 45.5 Å². The van der Waals surface area contributed by atoms with E-state index in [4.69, 9.17) is 4.74 Å². The molecule has 1 aromatic heterocycles. The zero-order chi connectivity index (χ0) is 31.0. The number of amidine groups is 1. The minimum atomic E-state index is -1.26. The third kappa shape index (κ3) is 8.59. The van der Waals surface area contributed by atoms with Gasteiger partial charge >= 0.3 is 0 Å². The van der Waals surface area contributed by atoms with Crippen LogP contribution in [-0.4, -0.2) is 107 Å². The highest BCUT2D eigenvalue weighted by Gasteiger charge is 2.40. The van der Waals surface area contributed by atoms with E-state index in [1.54, 1.807) is 6.34 Å². The molecule has 0 amide bonds. The van der Waals surface area contributed by atoms with Gasteiger partial charge in [0, 0.05) is 68.9 Å². The summed E-state index contributed by atoms with van der Waals surface area (Å²) in [7, 11) is 0. The molecular weight excluding hydrogens is 566 g/mol. The molecule has 2 aliphatic heterocycles. The maximum Gasteiger partial charge on any atom is 0.173 e. The summed E-state index contributed by atoms with van der Waals surface area (Å²) in [6.45, 7) is 18.9. The summed E-state index contributed by atoms with van der Waals surface area (Å²) in [6.07, 6.45) is 8.48. The lowest BCUT2D eigenvalue weighted by atomic mass is 9.93. The topological polar surface area (TPSA) is 146 Å². The Hall–Kier alpha value is -3.39. The highest BCUT2D eigenvalue weighted by atomic mass is 32.2. The van der Waals surface area contributed by atoms with Crippen molar-refractivity contribution in [1.82, 2.24) is 20.0 Å². The van der Waals surface area contributed by atoms with E-state index in [0.717, 1.165) is 78.9 Å². The van der Waals surface area contributed by atoms with Gasteiger partial charge in [0.15, 0.2) is 22.8 Å². The fourth-order valence-electron chi connectivity index (χ4n) is 4.91. The maximum atomic E-state index is 13.7. The molecule has 1 aliphatic carbocycles. The molecule has 4 rings (SSSR count). The van der Waals surface area contributed by atoms with Crippen LogP contribution in [0.1, 0.15) is 44.9 Å². The predicted molar refractivity (Wildman–Crippen MR) is 174 cm³/mol. The molecule has 0 spiro atoms. The smallest absolute Gasteiger partial charge is 0.173 e. The number of ether oxygens (including phenoxy) is 1. The van der Waals surface area contributed by atoms with E-state index < -0.39 is 15.9 Å². The van der Waals surface area contributed by atoms with Crippen molar-refractivity contribution in [3.63, 3.8) is 0 Å². The van der Waals surface area contributed by atoms with Crippen molar-refractivity contribution < 1.29 is 14.1 Å². The quantitative estimate of drug-likeness (QED) is 0.121. The van der Waals surface area contributed by atoms with Crippen molar-refractivity contribution in [2.45, 2.75) is 52.2 Å². The van der Waals surface area contributed by atoms with Crippen molar-refractivity contribution in [3.8, 4) is 0 Å². The minimum absolute atomic E-state index is 0.157. The zero-order valence-corrected chi connectivity index (χ0v) is 26.6. The van der Waals surface area contributed by atoms with Crippen LogP contribution in [0.5, 0.6) is 0 Å². The summed E-state index contributed by atoms with van der Waals surface area (Å²) in [5.74, 6) is 1.96. The first-order valence-corrected chi connectivity index (χ1v) is 15.7. The van der Waals surface area contributed by atoms with Gasteiger partial charge in [0.2, 0.25) is 0 Å². The molecule has 0 radical (unpaired) electrons. The Bertz CT molecular complexity index is 1340. The summed E-state index contributed by atoms with van der Waals surface area (Å²) in [5, 5.41) is 10.7. The van der Waals surface area contributed by atoms with Gasteiger partial charge in [-0.05, 0) is 58.9 Å². The van der Waals surface area contributed by atoms with Crippen LogP contribution in [0, 0.1) is 19.8 Å². The highest BCUT2D eigenvalue weighted by molar-refractivity contribution is 7.96. The van der Waals surface area contributed by atoms with E-state index >= 15 is 0 Å². The first kappa shape index (κ1) is 32.5. The Morgan fingerprint density at radius 3 is 2.67 bits per heavy atom. The molecule has 2 unspecified atom stereocenters. The van der Waals surface area contributed by atoms with Gasteiger partial charge in [0.05, 0.1) is 30.5 Å². The van der Waals surface area contributed by atoms with E-state index in [0.29, 0.717) is 31.0 Å². The van der Waals surface area contributed by atoms with Gasteiger partial charge < -0.3 is 19.5 Å². The molecule has 232 valence electrons. The van der Waals surface area contributed by atoms with Crippen molar-refractivity contribution in [1.29, 1.82) is 0 Å². The van der Waals surface area contributed by atoms with Gasteiger partial charge in [0.25, 0.3) is 0 Å². The number of aldehydes is 1.